The molecule has 0 saturated carbocycles. The van der Waals surface area contributed by atoms with Crippen molar-refractivity contribution in [3.63, 3.8) is 0 Å². The SMILES string of the molecule is O=C(NCc1ccccc1CN1CCCC1CO)Nc1cccc2[nH]ccc12. The topological polar surface area (TPSA) is 80.4 Å². The van der Waals surface area contributed by atoms with Gasteiger partial charge in [0.25, 0.3) is 0 Å². The molecule has 146 valence electrons. The molecule has 28 heavy (non-hydrogen) atoms. The maximum absolute atomic E-state index is 12.4. The third kappa shape index (κ3) is 4.03. The number of aliphatic hydroxyl groups excluding tert-OH is 1. The predicted molar refractivity (Wildman–Crippen MR) is 111 cm³/mol. The van der Waals surface area contributed by atoms with Crippen molar-refractivity contribution in [1.29, 1.82) is 0 Å². The molecular weight excluding hydrogens is 352 g/mol. The van der Waals surface area contributed by atoms with Gasteiger partial charge in [-0.05, 0) is 48.7 Å². The van der Waals surface area contributed by atoms with E-state index in [1.165, 1.54) is 5.56 Å². The molecule has 4 N–H and O–H groups in total. The molecule has 1 fully saturated rings. The van der Waals surface area contributed by atoms with E-state index in [0.717, 1.165) is 48.1 Å². The number of likely N-dealkylation sites (tertiary alicyclic amines) is 1. The summed E-state index contributed by atoms with van der Waals surface area (Å²) in [4.78, 5) is 17.9. The number of carbonyl (C=O) groups excluding carboxylic acids is 1. The Morgan fingerprint density at radius 2 is 2.00 bits per heavy atom. The summed E-state index contributed by atoms with van der Waals surface area (Å²) in [6, 6.07) is 15.9. The van der Waals surface area contributed by atoms with Gasteiger partial charge in [-0.15, -0.1) is 0 Å². The second kappa shape index (κ2) is 8.46. The molecule has 4 rings (SSSR count). The van der Waals surface area contributed by atoms with Gasteiger partial charge in [0.2, 0.25) is 0 Å². The summed E-state index contributed by atoms with van der Waals surface area (Å²) in [5.74, 6) is 0. The number of fused-ring (bicyclic) bond motifs is 1. The van der Waals surface area contributed by atoms with Crippen molar-refractivity contribution in [2.75, 3.05) is 18.5 Å². The standard InChI is InChI=1S/C22H26N4O2/c27-15-18-7-4-12-26(18)14-17-6-2-1-5-16(17)13-24-22(28)25-21-9-3-8-20-19(21)10-11-23-20/h1-3,5-6,8-11,18,23,27H,4,7,12-15H2,(H2,24,25,28). The Balaban J connectivity index is 1.39. The number of H-pyrrole nitrogens is 1. The van der Waals surface area contributed by atoms with Crippen LogP contribution in [-0.2, 0) is 13.1 Å². The molecule has 1 saturated heterocycles. The summed E-state index contributed by atoms with van der Waals surface area (Å²) >= 11 is 0. The van der Waals surface area contributed by atoms with E-state index in [0.29, 0.717) is 6.54 Å². The van der Waals surface area contributed by atoms with Crippen LogP contribution in [0.4, 0.5) is 10.5 Å². The first kappa shape index (κ1) is 18.5. The number of aromatic nitrogens is 1. The first-order chi connectivity index (χ1) is 13.7. The maximum atomic E-state index is 12.4. The molecule has 1 aliphatic heterocycles. The highest BCUT2D eigenvalue weighted by Gasteiger charge is 2.24. The van der Waals surface area contributed by atoms with E-state index < -0.39 is 0 Å². The summed E-state index contributed by atoms with van der Waals surface area (Å²) in [7, 11) is 0. The van der Waals surface area contributed by atoms with Gasteiger partial charge in [-0.2, -0.15) is 0 Å². The largest absolute Gasteiger partial charge is 0.395 e. The van der Waals surface area contributed by atoms with Crippen LogP contribution in [0.1, 0.15) is 24.0 Å². The summed E-state index contributed by atoms with van der Waals surface area (Å²) in [6.45, 7) is 2.47. The lowest BCUT2D eigenvalue weighted by Gasteiger charge is -2.24. The van der Waals surface area contributed by atoms with Crippen molar-refractivity contribution < 1.29 is 9.90 Å². The van der Waals surface area contributed by atoms with E-state index in [1.54, 1.807) is 0 Å². The van der Waals surface area contributed by atoms with Gasteiger partial charge in [0.1, 0.15) is 0 Å². The second-order valence-electron chi connectivity index (χ2n) is 7.27. The van der Waals surface area contributed by atoms with Crippen molar-refractivity contribution in [1.82, 2.24) is 15.2 Å². The van der Waals surface area contributed by atoms with Crippen LogP contribution in [0, 0.1) is 0 Å². The zero-order chi connectivity index (χ0) is 19.3. The van der Waals surface area contributed by atoms with Gasteiger partial charge in [0, 0.05) is 36.2 Å². The smallest absolute Gasteiger partial charge is 0.319 e. The molecule has 2 amide bonds. The third-order valence-corrected chi connectivity index (χ3v) is 5.48. The van der Waals surface area contributed by atoms with Crippen molar-refractivity contribution in [3.8, 4) is 0 Å². The molecule has 6 heteroatoms. The van der Waals surface area contributed by atoms with Gasteiger partial charge >= 0.3 is 6.03 Å². The van der Waals surface area contributed by atoms with E-state index in [-0.39, 0.29) is 18.7 Å². The monoisotopic (exact) mass is 378 g/mol. The van der Waals surface area contributed by atoms with Crippen LogP contribution in [0.2, 0.25) is 0 Å². The fourth-order valence-electron chi connectivity index (χ4n) is 3.95. The molecule has 6 nitrogen and oxygen atoms in total. The lowest BCUT2D eigenvalue weighted by Crippen LogP contribution is -2.33. The number of aliphatic hydroxyl groups is 1. The predicted octanol–water partition coefficient (Wildman–Crippen LogP) is 3.45. The van der Waals surface area contributed by atoms with E-state index in [1.807, 2.05) is 48.7 Å². The number of anilines is 1. The van der Waals surface area contributed by atoms with Gasteiger partial charge in [0.05, 0.1) is 12.3 Å². The van der Waals surface area contributed by atoms with Crippen LogP contribution in [0.15, 0.2) is 54.7 Å². The fraction of sp³-hybridized carbons (Fsp3) is 0.318. The minimum Gasteiger partial charge on any atom is -0.395 e. The summed E-state index contributed by atoms with van der Waals surface area (Å²) in [5, 5.41) is 16.4. The number of hydrogen-bond acceptors (Lipinski definition) is 3. The van der Waals surface area contributed by atoms with E-state index in [9.17, 15) is 9.90 Å². The number of hydrogen-bond donors (Lipinski definition) is 4. The molecule has 0 radical (unpaired) electrons. The molecule has 0 spiro atoms. The highest BCUT2D eigenvalue weighted by molar-refractivity contribution is 6.00. The fourth-order valence-corrected chi connectivity index (χ4v) is 3.95. The van der Waals surface area contributed by atoms with Crippen molar-refractivity contribution in [2.45, 2.75) is 32.0 Å². The molecule has 1 unspecified atom stereocenters. The summed E-state index contributed by atoms with van der Waals surface area (Å²) in [6.07, 6.45) is 4.03. The lowest BCUT2D eigenvalue weighted by atomic mass is 10.1. The molecule has 1 aromatic heterocycles. The van der Waals surface area contributed by atoms with E-state index in [2.05, 4.69) is 26.6 Å². The Morgan fingerprint density at radius 1 is 1.14 bits per heavy atom. The zero-order valence-electron chi connectivity index (χ0n) is 15.8. The lowest BCUT2D eigenvalue weighted by molar-refractivity contribution is 0.153. The van der Waals surface area contributed by atoms with Crippen LogP contribution < -0.4 is 10.6 Å². The van der Waals surface area contributed by atoms with Crippen LogP contribution in [0.3, 0.4) is 0 Å². The zero-order valence-corrected chi connectivity index (χ0v) is 15.8. The number of aromatic amines is 1. The third-order valence-electron chi connectivity index (χ3n) is 5.48. The molecular formula is C22H26N4O2. The van der Waals surface area contributed by atoms with E-state index in [4.69, 9.17) is 0 Å². The first-order valence-electron chi connectivity index (χ1n) is 9.77. The number of nitrogens with zero attached hydrogens (tertiary/aromatic N) is 1. The minimum atomic E-state index is -0.224. The van der Waals surface area contributed by atoms with Gasteiger partial charge in [-0.3, -0.25) is 4.90 Å². The molecule has 0 bridgehead atoms. The normalized spacial score (nSPS) is 17.1. The van der Waals surface area contributed by atoms with Gasteiger partial charge in [0.15, 0.2) is 0 Å². The first-order valence-corrected chi connectivity index (χ1v) is 9.77. The molecule has 3 aromatic rings. The van der Waals surface area contributed by atoms with Crippen LogP contribution in [0.5, 0.6) is 0 Å². The molecule has 2 heterocycles. The Labute approximate surface area is 164 Å². The van der Waals surface area contributed by atoms with Crippen molar-refractivity contribution in [2.24, 2.45) is 0 Å². The molecule has 0 aliphatic carbocycles. The number of amides is 2. The highest BCUT2D eigenvalue weighted by atomic mass is 16.3. The maximum Gasteiger partial charge on any atom is 0.319 e. The quantitative estimate of drug-likeness (QED) is 0.530. The Morgan fingerprint density at radius 3 is 2.86 bits per heavy atom. The number of rotatable bonds is 6. The molecule has 2 aromatic carbocycles. The van der Waals surface area contributed by atoms with Crippen LogP contribution >= 0.6 is 0 Å². The molecule has 1 atom stereocenters. The Bertz CT molecular complexity index is 952. The van der Waals surface area contributed by atoms with Crippen molar-refractivity contribution in [3.05, 3.63) is 65.9 Å². The van der Waals surface area contributed by atoms with Crippen LogP contribution in [0.25, 0.3) is 10.9 Å². The second-order valence-corrected chi connectivity index (χ2v) is 7.27. The number of nitrogens with one attached hydrogen (secondary N) is 3. The van der Waals surface area contributed by atoms with Gasteiger partial charge in [-0.1, -0.05) is 30.3 Å². The van der Waals surface area contributed by atoms with Gasteiger partial charge < -0.3 is 20.7 Å². The average molecular weight is 378 g/mol. The van der Waals surface area contributed by atoms with Gasteiger partial charge in [-0.25, -0.2) is 4.79 Å². The highest BCUT2D eigenvalue weighted by Crippen LogP contribution is 2.23. The minimum absolute atomic E-state index is 0.202. The van der Waals surface area contributed by atoms with Crippen LogP contribution in [-0.4, -0.2) is 40.2 Å². The van der Waals surface area contributed by atoms with E-state index >= 15 is 0 Å². The summed E-state index contributed by atoms with van der Waals surface area (Å²) < 4.78 is 0. The number of benzene rings is 2. The molecule has 1 aliphatic rings. The Kier molecular flexibility index (Phi) is 5.60. The van der Waals surface area contributed by atoms with Crippen molar-refractivity contribution >= 4 is 22.6 Å². The summed E-state index contributed by atoms with van der Waals surface area (Å²) in [5.41, 5.74) is 4.07. The average Bonchev–Trinajstić information content (AvgIpc) is 3.37. The number of carbonyl (C=O) groups is 1. The number of urea groups is 1. The Hall–Kier alpha value is -2.83.